The Morgan fingerprint density at radius 2 is 1.86 bits per heavy atom. The highest BCUT2D eigenvalue weighted by atomic mass is 16.5. The van der Waals surface area contributed by atoms with Gasteiger partial charge < -0.3 is 24.4 Å². The summed E-state index contributed by atoms with van der Waals surface area (Å²) in [6.07, 6.45) is 1.53. The molecule has 35 heavy (non-hydrogen) atoms. The van der Waals surface area contributed by atoms with Gasteiger partial charge in [-0.15, -0.1) is 0 Å². The van der Waals surface area contributed by atoms with Crippen LogP contribution in [0.15, 0.2) is 48.0 Å². The fraction of sp³-hybridized carbons (Fsp3) is 0.429. The number of nitrogens with zero attached hydrogens (tertiary/aromatic N) is 2. The van der Waals surface area contributed by atoms with Crippen molar-refractivity contribution >= 4 is 17.4 Å². The van der Waals surface area contributed by atoms with Crippen LogP contribution >= 0.6 is 0 Å². The van der Waals surface area contributed by atoms with Crippen LogP contribution in [0.25, 0.3) is 5.76 Å². The third-order valence-corrected chi connectivity index (χ3v) is 6.91. The van der Waals surface area contributed by atoms with Crippen molar-refractivity contribution in [3.8, 4) is 11.5 Å². The standard InChI is InChI=1S/C28H34N2O5/c1-5-29(6-2)14-7-15-30-25(19-8-11-22(34-4)12-9-19)24(27(32)28(30)33)26(31)20-10-13-23-21(17-20)16-18(3)35-23/h8-13,17-18,25,31H,5-7,14-16H2,1-4H3/b26-24+/t18-,25+/m1/s1. The second-order valence-corrected chi connectivity index (χ2v) is 9.10. The summed E-state index contributed by atoms with van der Waals surface area (Å²) in [5.41, 5.74) is 2.37. The summed E-state index contributed by atoms with van der Waals surface area (Å²) in [6.45, 7) is 9.31. The number of Topliss-reactive ketones (excluding diaryl/α,β-unsaturated/α-hetero) is 1. The summed E-state index contributed by atoms with van der Waals surface area (Å²) in [4.78, 5) is 30.3. The Morgan fingerprint density at radius 1 is 1.14 bits per heavy atom. The van der Waals surface area contributed by atoms with E-state index in [4.69, 9.17) is 9.47 Å². The van der Waals surface area contributed by atoms with E-state index in [2.05, 4.69) is 18.7 Å². The predicted octanol–water partition coefficient (Wildman–Crippen LogP) is 4.17. The molecule has 2 aliphatic heterocycles. The first-order valence-corrected chi connectivity index (χ1v) is 12.3. The number of aliphatic hydroxyl groups is 1. The third kappa shape index (κ3) is 4.91. The molecule has 4 rings (SSSR count). The van der Waals surface area contributed by atoms with Crippen LogP contribution in [0.5, 0.6) is 11.5 Å². The Kier molecular flexibility index (Phi) is 7.45. The number of hydrogen-bond donors (Lipinski definition) is 1. The normalized spacial score (nSPS) is 20.9. The Balaban J connectivity index is 1.73. The molecule has 1 fully saturated rings. The van der Waals surface area contributed by atoms with Crippen LogP contribution in [0.2, 0.25) is 0 Å². The van der Waals surface area contributed by atoms with Crippen LogP contribution in [-0.4, -0.2) is 66.0 Å². The summed E-state index contributed by atoms with van der Waals surface area (Å²) in [5, 5.41) is 11.4. The van der Waals surface area contributed by atoms with E-state index in [1.807, 2.05) is 31.2 Å². The number of amides is 1. The van der Waals surface area contributed by atoms with Crippen LogP contribution in [0.3, 0.4) is 0 Å². The van der Waals surface area contributed by atoms with Crippen LogP contribution in [-0.2, 0) is 16.0 Å². The average Bonchev–Trinajstić information content (AvgIpc) is 3.37. The van der Waals surface area contributed by atoms with E-state index in [0.717, 1.165) is 49.4 Å². The molecule has 0 aliphatic carbocycles. The van der Waals surface area contributed by atoms with Crippen molar-refractivity contribution in [2.24, 2.45) is 0 Å². The van der Waals surface area contributed by atoms with Crippen molar-refractivity contribution in [2.45, 2.75) is 45.8 Å². The van der Waals surface area contributed by atoms with Gasteiger partial charge in [-0.2, -0.15) is 0 Å². The predicted molar refractivity (Wildman–Crippen MR) is 135 cm³/mol. The summed E-state index contributed by atoms with van der Waals surface area (Å²) in [6, 6.07) is 12.0. The summed E-state index contributed by atoms with van der Waals surface area (Å²) in [7, 11) is 1.59. The first kappa shape index (κ1) is 24.8. The molecular weight excluding hydrogens is 444 g/mol. The van der Waals surface area contributed by atoms with E-state index >= 15 is 0 Å². The maximum absolute atomic E-state index is 13.3. The molecule has 1 amide bonds. The van der Waals surface area contributed by atoms with Gasteiger partial charge in [0, 0.05) is 18.5 Å². The molecule has 1 saturated heterocycles. The highest BCUT2D eigenvalue weighted by Gasteiger charge is 2.45. The lowest BCUT2D eigenvalue weighted by atomic mass is 9.94. The number of aliphatic hydroxyl groups excluding tert-OH is 1. The minimum absolute atomic E-state index is 0.0677. The summed E-state index contributed by atoms with van der Waals surface area (Å²) >= 11 is 0. The number of ketones is 1. The minimum atomic E-state index is -0.666. The molecule has 0 bridgehead atoms. The van der Waals surface area contributed by atoms with Crippen molar-refractivity contribution in [3.05, 3.63) is 64.7 Å². The second kappa shape index (κ2) is 10.5. The molecule has 7 heteroatoms. The quantitative estimate of drug-likeness (QED) is 0.331. The molecule has 186 valence electrons. The van der Waals surface area contributed by atoms with Gasteiger partial charge in [-0.25, -0.2) is 0 Å². The van der Waals surface area contributed by atoms with Gasteiger partial charge in [-0.3, -0.25) is 9.59 Å². The third-order valence-electron chi connectivity index (χ3n) is 6.91. The molecule has 0 aromatic heterocycles. The van der Waals surface area contributed by atoms with Gasteiger partial charge in [0.05, 0.1) is 18.7 Å². The molecule has 7 nitrogen and oxygen atoms in total. The Morgan fingerprint density at radius 3 is 2.51 bits per heavy atom. The zero-order valence-electron chi connectivity index (χ0n) is 20.9. The lowest BCUT2D eigenvalue weighted by Crippen LogP contribution is -2.33. The van der Waals surface area contributed by atoms with E-state index in [-0.39, 0.29) is 17.4 Å². The zero-order chi connectivity index (χ0) is 25.1. The monoisotopic (exact) mass is 478 g/mol. The van der Waals surface area contributed by atoms with Gasteiger partial charge in [0.2, 0.25) is 0 Å². The highest BCUT2D eigenvalue weighted by Crippen LogP contribution is 2.41. The van der Waals surface area contributed by atoms with Gasteiger partial charge >= 0.3 is 0 Å². The zero-order valence-corrected chi connectivity index (χ0v) is 20.9. The average molecular weight is 479 g/mol. The van der Waals surface area contributed by atoms with Crippen LogP contribution < -0.4 is 9.47 Å². The number of carbonyl (C=O) groups excluding carboxylic acids is 2. The maximum atomic E-state index is 13.3. The molecular formula is C28H34N2O5. The van der Waals surface area contributed by atoms with E-state index in [9.17, 15) is 14.7 Å². The van der Waals surface area contributed by atoms with Gasteiger partial charge in [0.15, 0.2) is 0 Å². The summed E-state index contributed by atoms with van der Waals surface area (Å²) in [5.74, 6) is 0.0802. The topological polar surface area (TPSA) is 79.3 Å². The Hall–Kier alpha value is -3.32. The minimum Gasteiger partial charge on any atom is -0.507 e. The molecule has 0 spiro atoms. The number of fused-ring (bicyclic) bond motifs is 1. The van der Waals surface area contributed by atoms with E-state index in [1.165, 1.54) is 0 Å². The van der Waals surface area contributed by atoms with E-state index < -0.39 is 17.7 Å². The SMILES string of the molecule is CCN(CC)CCCN1C(=O)C(=O)/C(=C(/O)c2ccc3c(c2)C[C@@H](C)O3)[C@@H]1c1ccc(OC)cc1. The first-order chi connectivity index (χ1) is 16.9. The summed E-state index contributed by atoms with van der Waals surface area (Å²) < 4.78 is 11.1. The fourth-order valence-electron chi connectivity index (χ4n) is 4.97. The van der Waals surface area contributed by atoms with Gasteiger partial charge in [0.1, 0.15) is 23.4 Å². The molecule has 1 N–H and O–H groups in total. The second-order valence-electron chi connectivity index (χ2n) is 9.10. The van der Waals surface area contributed by atoms with E-state index in [1.54, 1.807) is 30.2 Å². The van der Waals surface area contributed by atoms with E-state index in [0.29, 0.717) is 17.9 Å². The molecule has 2 atom stereocenters. The van der Waals surface area contributed by atoms with Crippen LogP contribution in [0.1, 0.15) is 49.9 Å². The van der Waals surface area contributed by atoms with Crippen LogP contribution in [0.4, 0.5) is 0 Å². The van der Waals surface area contributed by atoms with Crippen LogP contribution in [0, 0.1) is 0 Å². The molecule has 2 aromatic rings. The number of likely N-dealkylation sites (tertiary alicyclic amines) is 1. The number of methoxy groups -OCH3 is 1. The number of ether oxygens (including phenoxy) is 2. The van der Waals surface area contributed by atoms with Crippen molar-refractivity contribution in [2.75, 3.05) is 33.3 Å². The van der Waals surface area contributed by atoms with Crippen molar-refractivity contribution < 1.29 is 24.2 Å². The largest absolute Gasteiger partial charge is 0.507 e. The Bertz CT molecular complexity index is 1120. The van der Waals surface area contributed by atoms with Crippen molar-refractivity contribution in [1.82, 2.24) is 9.80 Å². The molecule has 0 saturated carbocycles. The molecule has 2 heterocycles. The maximum Gasteiger partial charge on any atom is 0.295 e. The van der Waals surface area contributed by atoms with Gasteiger partial charge in [0.25, 0.3) is 11.7 Å². The Labute approximate surface area is 206 Å². The number of rotatable bonds is 9. The lowest BCUT2D eigenvalue weighted by molar-refractivity contribution is -0.140. The first-order valence-electron chi connectivity index (χ1n) is 12.3. The fourth-order valence-corrected chi connectivity index (χ4v) is 4.97. The van der Waals surface area contributed by atoms with Crippen molar-refractivity contribution in [1.29, 1.82) is 0 Å². The number of carbonyl (C=O) groups is 2. The molecule has 2 aliphatic rings. The molecule has 0 radical (unpaired) electrons. The van der Waals surface area contributed by atoms with Gasteiger partial charge in [-0.1, -0.05) is 26.0 Å². The smallest absolute Gasteiger partial charge is 0.295 e. The lowest BCUT2D eigenvalue weighted by Gasteiger charge is -2.27. The number of benzene rings is 2. The molecule has 2 aromatic carbocycles. The number of hydrogen-bond acceptors (Lipinski definition) is 6. The van der Waals surface area contributed by atoms with Gasteiger partial charge in [-0.05, 0) is 74.4 Å². The van der Waals surface area contributed by atoms with Crippen molar-refractivity contribution in [3.63, 3.8) is 0 Å². The molecule has 0 unspecified atom stereocenters. The highest BCUT2D eigenvalue weighted by molar-refractivity contribution is 6.46.